The van der Waals surface area contributed by atoms with Crippen LogP contribution in [-0.2, 0) is 11.2 Å². The van der Waals surface area contributed by atoms with Crippen LogP contribution in [0, 0.1) is 5.92 Å². The molecule has 1 heterocycles. The lowest BCUT2D eigenvalue weighted by molar-refractivity contribution is 0.242. The molecule has 1 aromatic carbocycles. The second kappa shape index (κ2) is 3.65. The molecule has 0 N–H and O–H groups in total. The van der Waals surface area contributed by atoms with Crippen molar-refractivity contribution < 1.29 is 4.74 Å². The van der Waals surface area contributed by atoms with E-state index >= 15 is 0 Å². The molecule has 0 saturated carbocycles. The molecule has 1 atom stereocenters. The molecule has 0 unspecified atom stereocenters. The highest BCUT2D eigenvalue weighted by molar-refractivity contribution is 5.16. The van der Waals surface area contributed by atoms with E-state index in [1.807, 2.05) is 6.07 Å². The van der Waals surface area contributed by atoms with E-state index in [0.717, 1.165) is 25.2 Å². The maximum Gasteiger partial charge on any atom is 0.0912 e. The minimum Gasteiger partial charge on any atom is -0.498 e. The maximum absolute atomic E-state index is 5.34. The highest BCUT2D eigenvalue weighted by Crippen LogP contribution is 2.24. The van der Waals surface area contributed by atoms with Crippen LogP contribution in [0.4, 0.5) is 0 Å². The van der Waals surface area contributed by atoms with Gasteiger partial charge in [-0.05, 0) is 12.0 Å². The first-order valence-electron chi connectivity index (χ1n) is 4.69. The number of rotatable bonds is 2. The summed E-state index contributed by atoms with van der Waals surface area (Å²) in [6.45, 7) is 4.66. The number of ether oxygens (including phenoxy) is 1. The SMILES string of the molecule is C=C1C[C@@H](Cc2ccccc2)CO1. The molecule has 1 heteroatoms. The summed E-state index contributed by atoms with van der Waals surface area (Å²) in [6.07, 6.45) is 2.13. The van der Waals surface area contributed by atoms with Crippen molar-refractivity contribution in [3.05, 3.63) is 48.2 Å². The van der Waals surface area contributed by atoms with Crippen molar-refractivity contribution in [2.45, 2.75) is 12.8 Å². The normalized spacial score (nSPS) is 21.5. The van der Waals surface area contributed by atoms with Gasteiger partial charge in [-0.15, -0.1) is 0 Å². The minimum absolute atomic E-state index is 0.634. The molecule has 13 heavy (non-hydrogen) atoms. The Morgan fingerprint density at radius 2 is 2.08 bits per heavy atom. The van der Waals surface area contributed by atoms with Gasteiger partial charge in [-0.1, -0.05) is 36.9 Å². The van der Waals surface area contributed by atoms with E-state index in [-0.39, 0.29) is 0 Å². The van der Waals surface area contributed by atoms with E-state index in [2.05, 4.69) is 30.8 Å². The third-order valence-corrected chi connectivity index (χ3v) is 2.41. The summed E-state index contributed by atoms with van der Waals surface area (Å²) in [5.41, 5.74) is 1.39. The highest BCUT2D eigenvalue weighted by atomic mass is 16.5. The van der Waals surface area contributed by atoms with Gasteiger partial charge in [0.2, 0.25) is 0 Å². The van der Waals surface area contributed by atoms with Crippen LogP contribution in [0.1, 0.15) is 12.0 Å². The first-order valence-corrected chi connectivity index (χ1v) is 4.69. The Hall–Kier alpha value is -1.24. The molecular formula is C12H14O. The van der Waals surface area contributed by atoms with Crippen molar-refractivity contribution in [1.82, 2.24) is 0 Å². The van der Waals surface area contributed by atoms with Gasteiger partial charge >= 0.3 is 0 Å². The molecule has 2 rings (SSSR count). The van der Waals surface area contributed by atoms with Crippen LogP contribution in [0.25, 0.3) is 0 Å². The van der Waals surface area contributed by atoms with E-state index in [4.69, 9.17) is 4.74 Å². The second-order valence-corrected chi connectivity index (χ2v) is 3.61. The van der Waals surface area contributed by atoms with Gasteiger partial charge in [-0.2, -0.15) is 0 Å². The Morgan fingerprint density at radius 3 is 2.69 bits per heavy atom. The summed E-state index contributed by atoms with van der Waals surface area (Å²) in [4.78, 5) is 0. The van der Waals surface area contributed by atoms with E-state index in [1.54, 1.807) is 0 Å². The van der Waals surface area contributed by atoms with Crippen molar-refractivity contribution in [3.63, 3.8) is 0 Å². The molecule has 1 aliphatic rings. The Labute approximate surface area is 79.0 Å². The molecule has 0 aromatic heterocycles. The van der Waals surface area contributed by atoms with Crippen molar-refractivity contribution in [3.8, 4) is 0 Å². The van der Waals surface area contributed by atoms with Gasteiger partial charge in [0.25, 0.3) is 0 Å². The predicted molar refractivity (Wildman–Crippen MR) is 53.3 cm³/mol. The fraction of sp³-hybridized carbons (Fsp3) is 0.333. The van der Waals surface area contributed by atoms with Crippen LogP contribution in [-0.4, -0.2) is 6.61 Å². The molecule has 1 fully saturated rings. The molecule has 0 spiro atoms. The smallest absolute Gasteiger partial charge is 0.0912 e. The van der Waals surface area contributed by atoms with Crippen LogP contribution >= 0.6 is 0 Å². The van der Waals surface area contributed by atoms with Gasteiger partial charge < -0.3 is 4.74 Å². The summed E-state index contributed by atoms with van der Waals surface area (Å²) in [7, 11) is 0. The summed E-state index contributed by atoms with van der Waals surface area (Å²) in [6, 6.07) is 10.6. The van der Waals surface area contributed by atoms with E-state index < -0.39 is 0 Å². The lowest BCUT2D eigenvalue weighted by Gasteiger charge is -2.05. The summed E-state index contributed by atoms with van der Waals surface area (Å²) >= 11 is 0. The Kier molecular flexibility index (Phi) is 2.35. The molecule has 1 aliphatic heterocycles. The van der Waals surface area contributed by atoms with Gasteiger partial charge in [0.15, 0.2) is 0 Å². The lowest BCUT2D eigenvalue weighted by Crippen LogP contribution is -2.02. The van der Waals surface area contributed by atoms with Gasteiger partial charge in [0.1, 0.15) is 0 Å². The topological polar surface area (TPSA) is 9.23 Å². The first kappa shape index (κ1) is 8.36. The molecule has 1 nitrogen and oxygen atoms in total. The third-order valence-electron chi connectivity index (χ3n) is 2.41. The summed E-state index contributed by atoms with van der Waals surface area (Å²) in [5.74, 6) is 1.58. The van der Waals surface area contributed by atoms with E-state index in [0.29, 0.717) is 5.92 Å². The molecule has 1 aromatic rings. The van der Waals surface area contributed by atoms with Gasteiger partial charge in [0, 0.05) is 12.3 Å². The fourth-order valence-electron chi connectivity index (χ4n) is 1.75. The summed E-state index contributed by atoms with van der Waals surface area (Å²) < 4.78 is 5.34. The molecular weight excluding hydrogens is 160 g/mol. The van der Waals surface area contributed by atoms with Crippen molar-refractivity contribution in [1.29, 1.82) is 0 Å². The monoisotopic (exact) mass is 174 g/mol. The lowest BCUT2D eigenvalue weighted by atomic mass is 9.98. The molecule has 1 saturated heterocycles. The predicted octanol–water partition coefficient (Wildman–Crippen LogP) is 2.78. The highest BCUT2D eigenvalue weighted by Gasteiger charge is 2.19. The second-order valence-electron chi connectivity index (χ2n) is 3.61. The first-order chi connectivity index (χ1) is 6.34. The minimum atomic E-state index is 0.634. The van der Waals surface area contributed by atoms with Crippen LogP contribution in [0.15, 0.2) is 42.7 Å². The van der Waals surface area contributed by atoms with Gasteiger partial charge in [-0.25, -0.2) is 0 Å². The average Bonchev–Trinajstić information content (AvgIpc) is 2.53. The molecule has 68 valence electrons. The Morgan fingerprint density at radius 1 is 1.31 bits per heavy atom. The quantitative estimate of drug-likeness (QED) is 0.670. The molecule has 0 aliphatic carbocycles. The molecule has 0 amide bonds. The van der Waals surface area contributed by atoms with Crippen LogP contribution in [0.5, 0.6) is 0 Å². The van der Waals surface area contributed by atoms with Gasteiger partial charge in [0.05, 0.1) is 12.4 Å². The summed E-state index contributed by atoms with van der Waals surface area (Å²) in [5, 5.41) is 0. The number of benzene rings is 1. The number of hydrogen-bond acceptors (Lipinski definition) is 1. The fourth-order valence-corrected chi connectivity index (χ4v) is 1.75. The Balaban J connectivity index is 1.96. The molecule has 0 bridgehead atoms. The third kappa shape index (κ3) is 2.11. The largest absolute Gasteiger partial charge is 0.498 e. The van der Waals surface area contributed by atoms with Crippen molar-refractivity contribution in [2.24, 2.45) is 5.92 Å². The maximum atomic E-state index is 5.34. The number of allylic oxidation sites excluding steroid dienone is 1. The van der Waals surface area contributed by atoms with Crippen molar-refractivity contribution in [2.75, 3.05) is 6.61 Å². The van der Waals surface area contributed by atoms with Gasteiger partial charge in [-0.3, -0.25) is 0 Å². The Bertz CT molecular complexity index is 289. The van der Waals surface area contributed by atoms with Crippen LogP contribution in [0.2, 0.25) is 0 Å². The van der Waals surface area contributed by atoms with E-state index in [1.165, 1.54) is 5.56 Å². The van der Waals surface area contributed by atoms with Crippen molar-refractivity contribution >= 4 is 0 Å². The zero-order valence-corrected chi connectivity index (χ0v) is 7.70. The van der Waals surface area contributed by atoms with Crippen LogP contribution in [0.3, 0.4) is 0 Å². The zero-order valence-electron chi connectivity index (χ0n) is 7.70. The standard InChI is InChI=1S/C12H14O/c1-10-7-12(9-13-10)8-11-5-3-2-4-6-11/h2-6,12H,1,7-9H2/t12-/m0/s1. The molecule has 0 radical (unpaired) electrons. The zero-order chi connectivity index (χ0) is 9.10. The van der Waals surface area contributed by atoms with E-state index in [9.17, 15) is 0 Å². The number of hydrogen-bond donors (Lipinski definition) is 0. The average molecular weight is 174 g/mol. The van der Waals surface area contributed by atoms with Crippen LogP contribution < -0.4 is 0 Å².